The molecule has 0 atom stereocenters. The summed E-state index contributed by atoms with van der Waals surface area (Å²) in [4.78, 5) is 0. The average molecular weight is 299 g/mol. The minimum absolute atomic E-state index is 0.348. The molecule has 0 saturated carbocycles. The van der Waals surface area contributed by atoms with Crippen molar-refractivity contribution in [2.75, 3.05) is 19.6 Å². The summed E-state index contributed by atoms with van der Waals surface area (Å²) in [7, 11) is 0. The van der Waals surface area contributed by atoms with Crippen LogP contribution in [-0.2, 0) is 0 Å². The Hall–Kier alpha value is -0.0400. The van der Waals surface area contributed by atoms with E-state index in [0.717, 1.165) is 0 Å². The highest BCUT2D eigenvalue weighted by molar-refractivity contribution is 4.88. The average Bonchev–Trinajstić information content (AvgIpc) is 2.46. The predicted molar refractivity (Wildman–Crippen MR) is 97.7 cm³/mol. The van der Waals surface area contributed by atoms with Crippen molar-refractivity contribution in [3.8, 4) is 0 Å². The molecule has 0 heterocycles. The van der Waals surface area contributed by atoms with Gasteiger partial charge in [-0.05, 0) is 39.5 Å². The summed E-state index contributed by atoms with van der Waals surface area (Å²) >= 11 is 0. The van der Waals surface area contributed by atoms with Gasteiger partial charge in [-0.2, -0.15) is 0 Å². The molecule has 0 aromatic heterocycles. The van der Waals surface area contributed by atoms with E-state index in [1.54, 1.807) is 0 Å². The molecule has 0 fully saturated rings. The molecule has 0 aromatic carbocycles. The first kappa shape index (κ1) is 21.0. The van der Waals surface area contributed by atoms with Crippen LogP contribution >= 0.6 is 0 Å². The third-order valence-corrected chi connectivity index (χ3v) is 6.55. The predicted octanol–water partition coefficient (Wildman–Crippen LogP) is 6.42. The maximum Gasteiger partial charge on any atom is 0.0986 e. The van der Waals surface area contributed by atoms with Gasteiger partial charge in [0.2, 0.25) is 0 Å². The smallest absolute Gasteiger partial charge is 0.0986 e. The Bertz CT molecular complexity index is 243. The van der Waals surface area contributed by atoms with Crippen molar-refractivity contribution in [1.82, 2.24) is 0 Å². The molecule has 0 saturated heterocycles. The van der Waals surface area contributed by atoms with E-state index in [1.807, 2.05) is 0 Å². The van der Waals surface area contributed by atoms with E-state index in [9.17, 15) is 0 Å². The van der Waals surface area contributed by atoms with E-state index in [4.69, 9.17) is 0 Å². The molecule has 0 spiro atoms. The lowest BCUT2D eigenvalue weighted by Crippen LogP contribution is -2.68. The maximum absolute atomic E-state index is 2.55. The largest absolute Gasteiger partial charge is 0.319 e. The second kappa shape index (κ2) is 9.18. The molecule has 0 N–H and O–H groups in total. The van der Waals surface area contributed by atoms with Gasteiger partial charge in [0.25, 0.3) is 0 Å². The first-order chi connectivity index (χ1) is 9.74. The molecular weight excluding hydrogens is 254 g/mol. The quantitative estimate of drug-likeness (QED) is 0.365. The minimum Gasteiger partial charge on any atom is -0.319 e. The van der Waals surface area contributed by atoms with E-state index < -0.39 is 0 Å². The number of nitrogens with zero attached hydrogens (tertiary/aromatic N) is 1. The number of quaternary nitrogens is 1. The summed E-state index contributed by atoms with van der Waals surface area (Å²) in [6.07, 6.45) is 9.34. The number of unbranched alkanes of at least 4 members (excludes halogenated alkanes) is 3. The number of hydrogen-bond acceptors (Lipinski definition) is 0. The lowest BCUT2D eigenvalue weighted by Gasteiger charge is -2.57. The number of rotatable bonds is 12. The molecule has 0 radical (unpaired) electrons. The third kappa shape index (κ3) is 4.98. The lowest BCUT2D eigenvalue weighted by atomic mass is 9.69. The van der Waals surface area contributed by atoms with Crippen molar-refractivity contribution in [3.63, 3.8) is 0 Å². The number of hydrogen-bond donors (Lipinski definition) is 0. The zero-order valence-corrected chi connectivity index (χ0v) is 16.5. The van der Waals surface area contributed by atoms with Gasteiger partial charge in [0.1, 0.15) is 0 Å². The fourth-order valence-corrected chi connectivity index (χ4v) is 3.63. The summed E-state index contributed by atoms with van der Waals surface area (Å²) in [6, 6.07) is 0. The highest BCUT2D eigenvalue weighted by atomic mass is 15.4. The van der Waals surface area contributed by atoms with Gasteiger partial charge in [-0.15, -0.1) is 0 Å². The van der Waals surface area contributed by atoms with Crippen LogP contribution in [0.2, 0.25) is 0 Å². The third-order valence-electron chi connectivity index (χ3n) is 6.55. The normalized spacial score (nSPS) is 13.7. The zero-order chi connectivity index (χ0) is 16.6. The van der Waals surface area contributed by atoms with Crippen molar-refractivity contribution in [2.24, 2.45) is 5.41 Å². The monoisotopic (exact) mass is 298 g/mol. The van der Waals surface area contributed by atoms with Crippen molar-refractivity contribution < 1.29 is 4.48 Å². The molecule has 1 heteroatoms. The SMILES string of the molecule is CCCC[N+](CCCC)(CCCC)C(C)(C)C(C)(C)CC. The summed E-state index contributed by atoms with van der Waals surface area (Å²) in [6.45, 7) is 23.6. The molecule has 0 aliphatic heterocycles. The maximum atomic E-state index is 2.55. The van der Waals surface area contributed by atoms with Crippen molar-refractivity contribution >= 4 is 0 Å². The molecule has 0 unspecified atom stereocenters. The lowest BCUT2D eigenvalue weighted by molar-refractivity contribution is -0.980. The Morgan fingerprint density at radius 3 is 1.19 bits per heavy atom. The van der Waals surface area contributed by atoms with Crippen LogP contribution in [0.15, 0.2) is 0 Å². The zero-order valence-electron chi connectivity index (χ0n) is 16.5. The Morgan fingerprint density at radius 2 is 0.952 bits per heavy atom. The Balaban J connectivity index is 5.56. The standard InChI is InChI=1S/C20H44N/c1-9-13-16-21(17-14-10-2,18-15-11-3)20(7,8)19(5,6)12-4/h9-18H2,1-8H3/q+1. The van der Waals surface area contributed by atoms with Gasteiger partial charge < -0.3 is 4.48 Å². The summed E-state index contributed by atoms with van der Waals surface area (Å²) < 4.78 is 1.34. The van der Waals surface area contributed by atoms with Crippen LogP contribution in [0.4, 0.5) is 0 Å². The topological polar surface area (TPSA) is 0 Å². The molecule has 0 aliphatic carbocycles. The molecule has 0 aromatic rings. The molecule has 0 amide bonds. The molecule has 0 aliphatic rings. The van der Waals surface area contributed by atoms with Gasteiger partial charge in [0.15, 0.2) is 0 Å². The van der Waals surface area contributed by atoms with Crippen molar-refractivity contribution in [2.45, 2.75) is 106 Å². The Kier molecular flexibility index (Phi) is 9.16. The van der Waals surface area contributed by atoms with Gasteiger partial charge in [-0.3, -0.25) is 0 Å². The van der Waals surface area contributed by atoms with E-state index in [2.05, 4.69) is 55.4 Å². The van der Waals surface area contributed by atoms with Crippen LogP contribution < -0.4 is 0 Å². The van der Waals surface area contributed by atoms with E-state index in [1.165, 1.54) is 69.1 Å². The Labute approximate surface area is 136 Å². The van der Waals surface area contributed by atoms with E-state index in [-0.39, 0.29) is 0 Å². The molecule has 1 nitrogen and oxygen atoms in total. The highest BCUT2D eigenvalue weighted by Gasteiger charge is 2.51. The van der Waals surface area contributed by atoms with Gasteiger partial charge in [0.05, 0.1) is 25.2 Å². The van der Waals surface area contributed by atoms with Crippen LogP contribution in [0.3, 0.4) is 0 Å². The van der Waals surface area contributed by atoms with Crippen LogP contribution in [-0.4, -0.2) is 29.7 Å². The minimum atomic E-state index is 0.348. The first-order valence-electron chi connectivity index (χ1n) is 9.60. The van der Waals surface area contributed by atoms with Crippen LogP contribution in [0, 0.1) is 5.41 Å². The van der Waals surface area contributed by atoms with Gasteiger partial charge >= 0.3 is 0 Å². The second-order valence-corrected chi connectivity index (χ2v) is 8.17. The van der Waals surface area contributed by atoms with Crippen molar-refractivity contribution in [3.05, 3.63) is 0 Å². The highest BCUT2D eigenvalue weighted by Crippen LogP contribution is 2.44. The van der Waals surface area contributed by atoms with Crippen LogP contribution in [0.5, 0.6) is 0 Å². The van der Waals surface area contributed by atoms with Gasteiger partial charge in [-0.1, -0.05) is 60.8 Å². The molecular formula is C20H44N+. The molecule has 21 heavy (non-hydrogen) atoms. The molecule has 0 rings (SSSR count). The summed E-state index contributed by atoms with van der Waals surface area (Å²) in [5.74, 6) is 0. The summed E-state index contributed by atoms with van der Waals surface area (Å²) in [5.41, 5.74) is 0.740. The summed E-state index contributed by atoms with van der Waals surface area (Å²) in [5, 5.41) is 0. The van der Waals surface area contributed by atoms with Crippen molar-refractivity contribution in [1.29, 1.82) is 0 Å². The fourth-order valence-electron chi connectivity index (χ4n) is 3.63. The second-order valence-electron chi connectivity index (χ2n) is 8.17. The fraction of sp³-hybridized carbons (Fsp3) is 1.00. The molecule has 0 bridgehead atoms. The van der Waals surface area contributed by atoms with Crippen LogP contribution in [0.25, 0.3) is 0 Å². The van der Waals surface area contributed by atoms with Gasteiger partial charge in [-0.25, -0.2) is 0 Å². The van der Waals surface area contributed by atoms with Crippen LogP contribution in [0.1, 0.15) is 100 Å². The Morgan fingerprint density at radius 1 is 0.619 bits per heavy atom. The van der Waals surface area contributed by atoms with E-state index in [0.29, 0.717) is 11.0 Å². The van der Waals surface area contributed by atoms with Gasteiger partial charge in [0, 0.05) is 5.41 Å². The van der Waals surface area contributed by atoms with E-state index >= 15 is 0 Å². The molecule has 128 valence electrons. The first-order valence-corrected chi connectivity index (χ1v) is 9.60.